The van der Waals surface area contributed by atoms with E-state index < -0.39 is 0 Å². The Hall–Kier alpha value is -2.15. The van der Waals surface area contributed by atoms with Crippen molar-refractivity contribution in [3.8, 4) is 11.4 Å². The quantitative estimate of drug-likeness (QED) is 0.841. The summed E-state index contributed by atoms with van der Waals surface area (Å²) in [6, 6.07) is 0.459. The van der Waals surface area contributed by atoms with Crippen LogP contribution in [0.3, 0.4) is 0 Å². The standard InChI is InChI=1S/C19H26N6O.ClH/c1-19(2)9-11-10-21-18(22-12-7-5-6-8-12)23-14(11)16-13(19)15(17(26)20-3)24-25(16)4;/h10,12H,5-9H2,1-4H3,(H,20,26)(H,21,22,23);1H. The van der Waals surface area contributed by atoms with Gasteiger partial charge in [0.2, 0.25) is 5.95 Å². The zero-order valence-corrected chi connectivity index (χ0v) is 17.1. The Morgan fingerprint density at radius 2 is 2.00 bits per heavy atom. The van der Waals surface area contributed by atoms with E-state index in [1.807, 2.05) is 13.2 Å². The monoisotopic (exact) mass is 390 g/mol. The van der Waals surface area contributed by atoms with Gasteiger partial charge in [-0.3, -0.25) is 9.48 Å². The average Bonchev–Trinajstić information content (AvgIpc) is 3.23. The van der Waals surface area contributed by atoms with Gasteiger partial charge in [-0.25, -0.2) is 9.97 Å². The lowest BCUT2D eigenvalue weighted by Gasteiger charge is -2.31. The number of hydrogen-bond acceptors (Lipinski definition) is 5. The van der Waals surface area contributed by atoms with Crippen LogP contribution in [0.4, 0.5) is 5.95 Å². The van der Waals surface area contributed by atoms with Gasteiger partial charge in [0.15, 0.2) is 5.69 Å². The second-order valence-corrected chi connectivity index (χ2v) is 8.03. The zero-order valence-electron chi connectivity index (χ0n) is 16.3. The number of fused-ring (bicyclic) bond motifs is 3. The number of aryl methyl sites for hydroxylation is 1. The molecule has 2 aliphatic carbocycles. The van der Waals surface area contributed by atoms with Gasteiger partial charge in [-0.05, 0) is 30.2 Å². The van der Waals surface area contributed by atoms with Crippen LogP contribution in [0.15, 0.2) is 6.20 Å². The molecule has 0 saturated heterocycles. The van der Waals surface area contributed by atoms with Gasteiger partial charge in [0.05, 0.1) is 11.4 Å². The van der Waals surface area contributed by atoms with E-state index in [9.17, 15) is 4.79 Å². The maximum atomic E-state index is 12.4. The van der Waals surface area contributed by atoms with Crippen molar-refractivity contribution in [3.05, 3.63) is 23.0 Å². The highest BCUT2D eigenvalue weighted by molar-refractivity contribution is 5.96. The van der Waals surface area contributed by atoms with E-state index in [0.717, 1.165) is 28.9 Å². The number of halogens is 1. The lowest BCUT2D eigenvalue weighted by Crippen LogP contribution is -2.30. The van der Waals surface area contributed by atoms with Crippen LogP contribution in [0, 0.1) is 0 Å². The van der Waals surface area contributed by atoms with Gasteiger partial charge in [0.1, 0.15) is 0 Å². The SMILES string of the molecule is CNC(=O)c1nn(C)c2c1C(C)(C)Cc1cnc(NC3CCCC3)nc1-2.Cl. The molecule has 146 valence electrons. The van der Waals surface area contributed by atoms with Gasteiger partial charge in [-0.2, -0.15) is 5.10 Å². The lowest BCUT2D eigenvalue weighted by molar-refractivity contribution is 0.0955. The molecule has 0 aromatic carbocycles. The predicted octanol–water partition coefficient (Wildman–Crippen LogP) is 2.85. The number of nitrogens with one attached hydrogen (secondary N) is 2. The summed E-state index contributed by atoms with van der Waals surface area (Å²) >= 11 is 0. The van der Waals surface area contributed by atoms with Gasteiger partial charge in [-0.15, -0.1) is 12.4 Å². The molecule has 2 aliphatic rings. The number of carbonyl (C=O) groups excluding carboxylic acids is 1. The van der Waals surface area contributed by atoms with Gasteiger partial charge < -0.3 is 10.6 Å². The molecular weight excluding hydrogens is 364 g/mol. The van der Waals surface area contributed by atoms with Crippen LogP contribution < -0.4 is 10.6 Å². The molecule has 0 bridgehead atoms. The van der Waals surface area contributed by atoms with Gasteiger partial charge in [-0.1, -0.05) is 26.7 Å². The van der Waals surface area contributed by atoms with Crippen molar-refractivity contribution in [2.45, 2.75) is 57.4 Å². The lowest BCUT2D eigenvalue weighted by atomic mass is 9.73. The molecule has 1 fully saturated rings. The Morgan fingerprint density at radius 1 is 1.30 bits per heavy atom. The molecule has 2 aromatic rings. The molecule has 2 heterocycles. The Labute approximate surface area is 165 Å². The van der Waals surface area contributed by atoms with Crippen molar-refractivity contribution in [1.82, 2.24) is 25.1 Å². The fourth-order valence-electron chi connectivity index (χ4n) is 4.34. The zero-order chi connectivity index (χ0) is 18.5. The summed E-state index contributed by atoms with van der Waals surface area (Å²) in [4.78, 5) is 21.7. The fraction of sp³-hybridized carbons (Fsp3) is 0.579. The molecule has 8 heteroatoms. The normalized spacial score (nSPS) is 17.6. The first-order valence-corrected chi connectivity index (χ1v) is 9.33. The van der Waals surface area contributed by atoms with Crippen molar-refractivity contribution < 1.29 is 4.79 Å². The van der Waals surface area contributed by atoms with Crippen LogP contribution in [0.25, 0.3) is 11.4 Å². The van der Waals surface area contributed by atoms with Crippen LogP contribution in [0.1, 0.15) is 61.1 Å². The second-order valence-electron chi connectivity index (χ2n) is 8.03. The number of aromatic nitrogens is 4. The Bertz CT molecular complexity index is 869. The highest BCUT2D eigenvalue weighted by Gasteiger charge is 2.39. The first kappa shape index (κ1) is 19.6. The van der Waals surface area contributed by atoms with Crippen molar-refractivity contribution >= 4 is 24.3 Å². The Morgan fingerprint density at radius 3 is 2.67 bits per heavy atom. The Balaban J connectivity index is 0.00000210. The summed E-state index contributed by atoms with van der Waals surface area (Å²) in [5, 5.41) is 10.7. The Kier molecular flexibility index (Phi) is 5.16. The number of nitrogens with zero attached hydrogens (tertiary/aromatic N) is 4. The van der Waals surface area contributed by atoms with E-state index in [2.05, 4.69) is 34.6 Å². The largest absolute Gasteiger partial charge is 0.354 e. The van der Waals surface area contributed by atoms with Crippen LogP contribution >= 0.6 is 12.4 Å². The van der Waals surface area contributed by atoms with Crippen LogP contribution in [0.5, 0.6) is 0 Å². The van der Waals surface area contributed by atoms with Crippen molar-refractivity contribution in [1.29, 1.82) is 0 Å². The second kappa shape index (κ2) is 7.11. The molecule has 0 aliphatic heterocycles. The summed E-state index contributed by atoms with van der Waals surface area (Å²) in [5.41, 5.74) is 4.17. The summed E-state index contributed by atoms with van der Waals surface area (Å²) in [7, 11) is 3.52. The fourth-order valence-corrected chi connectivity index (χ4v) is 4.34. The molecule has 0 unspecified atom stereocenters. The van der Waals surface area contributed by atoms with E-state index in [1.165, 1.54) is 25.7 Å². The topological polar surface area (TPSA) is 84.7 Å². The average molecular weight is 391 g/mol. The predicted molar refractivity (Wildman–Crippen MR) is 107 cm³/mol. The number of rotatable bonds is 3. The molecular formula is C19H27ClN6O. The minimum absolute atomic E-state index is 0. The summed E-state index contributed by atoms with van der Waals surface area (Å²) in [6.07, 6.45) is 7.58. The number of hydrogen-bond donors (Lipinski definition) is 2. The molecule has 1 saturated carbocycles. The molecule has 0 radical (unpaired) electrons. The van der Waals surface area contributed by atoms with Crippen LogP contribution in [-0.2, 0) is 18.9 Å². The van der Waals surface area contributed by atoms with E-state index in [4.69, 9.17) is 4.98 Å². The summed E-state index contributed by atoms with van der Waals surface area (Å²) < 4.78 is 1.78. The molecule has 2 N–H and O–H groups in total. The maximum Gasteiger partial charge on any atom is 0.271 e. The number of anilines is 1. The van der Waals surface area contributed by atoms with Crippen LogP contribution in [0.2, 0.25) is 0 Å². The third kappa shape index (κ3) is 3.29. The molecule has 1 amide bonds. The molecule has 0 spiro atoms. The van der Waals surface area contributed by atoms with Gasteiger partial charge in [0, 0.05) is 31.9 Å². The van der Waals surface area contributed by atoms with Crippen molar-refractivity contribution in [2.24, 2.45) is 7.05 Å². The highest BCUT2D eigenvalue weighted by Crippen LogP contribution is 2.43. The molecule has 27 heavy (non-hydrogen) atoms. The number of amides is 1. The maximum absolute atomic E-state index is 12.4. The van der Waals surface area contributed by atoms with Crippen LogP contribution in [-0.4, -0.2) is 38.7 Å². The van der Waals surface area contributed by atoms with E-state index in [0.29, 0.717) is 17.7 Å². The van der Waals surface area contributed by atoms with E-state index in [1.54, 1.807) is 11.7 Å². The summed E-state index contributed by atoms with van der Waals surface area (Å²) in [5.74, 6) is 0.515. The molecule has 4 rings (SSSR count). The minimum Gasteiger partial charge on any atom is -0.354 e. The van der Waals surface area contributed by atoms with Crippen molar-refractivity contribution in [2.75, 3.05) is 12.4 Å². The minimum atomic E-state index is -0.206. The molecule has 2 aromatic heterocycles. The van der Waals surface area contributed by atoms with Gasteiger partial charge >= 0.3 is 0 Å². The third-order valence-corrected chi connectivity index (χ3v) is 5.58. The molecule has 0 atom stereocenters. The van der Waals surface area contributed by atoms with E-state index in [-0.39, 0.29) is 23.7 Å². The van der Waals surface area contributed by atoms with E-state index >= 15 is 0 Å². The van der Waals surface area contributed by atoms with Gasteiger partial charge in [0.25, 0.3) is 5.91 Å². The molecule has 7 nitrogen and oxygen atoms in total. The highest BCUT2D eigenvalue weighted by atomic mass is 35.5. The first-order chi connectivity index (χ1) is 12.4. The van der Waals surface area contributed by atoms with Crippen molar-refractivity contribution in [3.63, 3.8) is 0 Å². The first-order valence-electron chi connectivity index (χ1n) is 9.33. The summed E-state index contributed by atoms with van der Waals surface area (Å²) in [6.45, 7) is 4.29. The number of carbonyl (C=O) groups is 1. The smallest absolute Gasteiger partial charge is 0.271 e. The third-order valence-electron chi connectivity index (χ3n) is 5.58.